The highest BCUT2D eigenvalue weighted by molar-refractivity contribution is 7.89. The van der Waals surface area contributed by atoms with Crippen molar-refractivity contribution in [2.24, 2.45) is 0 Å². The number of esters is 1. The van der Waals surface area contributed by atoms with Crippen molar-refractivity contribution in [3.05, 3.63) is 89.2 Å². The minimum Gasteiger partial charge on any atom is -0.495 e. The Morgan fingerprint density at radius 3 is 2.14 bits per heavy atom. The van der Waals surface area contributed by atoms with Gasteiger partial charge in [0, 0.05) is 23.7 Å². The SMILES string of the molecule is COc1ccc(C(=O)Oc2ccc(C(=O)c3ccc(F)cc3)cc2)cc1S(=O)(=O)N1CCCC[C@H]1C. The third-order valence-electron chi connectivity index (χ3n) is 6.16. The fraction of sp³-hybridized carbons (Fsp3) is 0.259. The zero-order valence-electron chi connectivity index (χ0n) is 19.9. The number of hydrogen-bond donors (Lipinski definition) is 0. The molecule has 1 fully saturated rings. The van der Waals surface area contributed by atoms with Crippen LogP contribution in [0.1, 0.15) is 52.5 Å². The summed E-state index contributed by atoms with van der Waals surface area (Å²) in [6.07, 6.45) is 2.50. The zero-order valence-corrected chi connectivity index (χ0v) is 20.8. The number of sulfonamides is 1. The van der Waals surface area contributed by atoms with Gasteiger partial charge in [0.25, 0.3) is 0 Å². The van der Waals surface area contributed by atoms with Crippen LogP contribution in [0.2, 0.25) is 0 Å². The lowest BCUT2D eigenvalue weighted by molar-refractivity contribution is 0.0734. The van der Waals surface area contributed by atoms with Crippen molar-refractivity contribution in [3.8, 4) is 11.5 Å². The van der Waals surface area contributed by atoms with Crippen molar-refractivity contribution in [2.75, 3.05) is 13.7 Å². The smallest absolute Gasteiger partial charge is 0.343 e. The summed E-state index contributed by atoms with van der Waals surface area (Å²) in [6, 6.07) is 15.1. The summed E-state index contributed by atoms with van der Waals surface area (Å²) >= 11 is 0. The zero-order chi connectivity index (χ0) is 25.9. The van der Waals surface area contributed by atoms with Gasteiger partial charge in [-0.05, 0) is 86.5 Å². The normalized spacial score (nSPS) is 16.4. The average Bonchev–Trinajstić information content (AvgIpc) is 2.89. The highest BCUT2D eigenvalue weighted by Gasteiger charge is 2.33. The quantitative estimate of drug-likeness (QED) is 0.256. The van der Waals surface area contributed by atoms with Crippen LogP contribution in [0.3, 0.4) is 0 Å². The molecule has 0 unspecified atom stereocenters. The van der Waals surface area contributed by atoms with Gasteiger partial charge in [0.1, 0.15) is 22.2 Å². The van der Waals surface area contributed by atoms with Gasteiger partial charge in [-0.2, -0.15) is 4.31 Å². The first-order chi connectivity index (χ1) is 17.2. The lowest BCUT2D eigenvalue weighted by Crippen LogP contribution is -2.42. The number of carbonyl (C=O) groups is 2. The van der Waals surface area contributed by atoms with Gasteiger partial charge in [-0.1, -0.05) is 6.42 Å². The molecule has 0 radical (unpaired) electrons. The Labute approximate surface area is 209 Å². The van der Waals surface area contributed by atoms with Gasteiger partial charge in [0.15, 0.2) is 5.78 Å². The van der Waals surface area contributed by atoms with Gasteiger partial charge in [-0.15, -0.1) is 0 Å². The summed E-state index contributed by atoms with van der Waals surface area (Å²) in [6.45, 7) is 2.27. The lowest BCUT2D eigenvalue weighted by Gasteiger charge is -2.32. The predicted octanol–water partition coefficient (Wildman–Crippen LogP) is 4.85. The molecule has 0 N–H and O–H groups in total. The van der Waals surface area contributed by atoms with E-state index in [1.807, 2.05) is 6.92 Å². The van der Waals surface area contributed by atoms with Crippen LogP contribution in [0.4, 0.5) is 4.39 Å². The molecular weight excluding hydrogens is 485 g/mol. The summed E-state index contributed by atoms with van der Waals surface area (Å²) in [5.74, 6) is -1.16. The van der Waals surface area contributed by atoms with E-state index >= 15 is 0 Å². The number of hydrogen-bond acceptors (Lipinski definition) is 6. The highest BCUT2D eigenvalue weighted by Crippen LogP contribution is 2.32. The van der Waals surface area contributed by atoms with E-state index < -0.39 is 21.8 Å². The van der Waals surface area contributed by atoms with Crippen molar-refractivity contribution in [1.29, 1.82) is 0 Å². The number of methoxy groups -OCH3 is 1. The van der Waals surface area contributed by atoms with E-state index in [1.165, 1.54) is 78.1 Å². The number of carbonyl (C=O) groups excluding carboxylic acids is 2. The maximum absolute atomic E-state index is 13.4. The number of ether oxygens (including phenoxy) is 2. The molecule has 0 amide bonds. The van der Waals surface area contributed by atoms with E-state index in [9.17, 15) is 22.4 Å². The van der Waals surface area contributed by atoms with Crippen LogP contribution in [-0.2, 0) is 10.0 Å². The first-order valence-electron chi connectivity index (χ1n) is 11.5. The Morgan fingerprint density at radius 1 is 0.917 bits per heavy atom. The molecule has 36 heavy (non-hydrogen) atoms. The molecule has 4 rings (SSSR count). The number of nitrogens with zero attached hydrogens (tertiary/aromatic N) is 1. The van der Waals surface area contributed by atoms with Crippen LogP contribution in [0.25, 0.3) is 0 Å². The van der Waals surface area contributed by atoms with E-state index in [2.05, 4.69) is 0 Å². The van der Waals surface area contributed by atoms with Crippen molar-refractivity contribution in [1.82, 2.24) is 4.31 Å². The van der Waals surface area contributed by atoms with Crippen LogP contribution < -0.4 is 9.47 Å². The molecule has 3 aromatic rings. The Hall–Kier alpha value is -3.56. The molecular formula is C27H26FNO6S. The maximum Gasteiger partial charge on any atom is 0.343 e. The average molecular weight is 512 g/mol. The Morgan fingerprint density at radius 2 is 1.53 bits per heavy atom. The number of halogens is 1. The largest absolute Gasteiger partial charge is 0.495 e. The summed E-state index contributed by atoms with van der Waals surface area (Å²) in [5.41, 5.74) is 0.719. The molecule has 1 atom stereocenters. The topological polar surface area (TPSA) is 90.0 Å². The van der Waals surface area contributed by atoms with Crippen LogP contribution >= 0.6 is 0 Å². The van der Waals surface area contributed by atoms with Crippen LogP contribution in [0, 0.1) is 5.82 Å². The lowest BCUT2D eigenvalue weighted by atomic mass is 10.0. The van der Waals surface area contributed by atoms with Crippen molar-refractivity contribution in [3.63, 3.8) is 0 Å². The first-order valence-corrected chi connectivity index (χ1v) is 13.0. The Kier molecular flexibility index (Phi) is 7.51. The van der Waals surface area contributed by atoms with E-state index in [0.29, 0.717) is 17.7 Å². The minimum atomic E-state index is -3.89. The van der Waals surface area contributed by atoms with E-state index in [-0.39, 0.29) is 33.8 Å². The van der Waals surface area contributed by atoms with E-state index in [4.69, 9.17) is 9.47 Å². The second kappa shape index (κ2) is 10.6. The fourth-order valence-electron chi connectivity index (χ4n) is 4.17. The van der Waals surface area contributed by atoms with Crippen LogP contribution in [0.5, 0.6) is 11.5 Å². The number of benzene rings is 3. The van der Waals surface area contributed by atoms with Crippen molar-refractivity contribution in [2.45, 2.75) is 37.1 Å². The molecule has 7 nitrogen and oxygen atoms in total. The Balaban J connectivity index is 1.54. The standard InChI is InChI=1S/C27H26FNO6S/c1-18-5-3-4-16-29(18)36(32,33)25-17-21(10-15-24(25)34-2)27(31)35-23-13-8-20(9-14-23)26(30)19-6-11-22(28)12-7-19/h6-15,17-18H,3-5,16H2,1-2H3/t18-/m1/s1. The Bertz CT molecular complexity index is 1370. The number of ketones is 1. The molecule has 0 aliphatic carbocycles. The molecule has 1 aliphatic rings. The third kappa shape index (κ3) is 5.32. The number of piperidine rings is 1. The van der Waals surface area contributed by atoms with Crippen molar-refractivity contribution < 1.29 is 31.9 Å². The molecule has 9 heteroatoms. The van der Waals surface area contributed by atoms with Gasteiger partial charge < -0.3 is 9.47 Å². The molecule has 0 spiro atoms. The predicted molar refractivity (Wildman–Crippen MR) is 131 cm³/mol. The highest BCUT2D eigenvalue weighted by atomic mass is 32.2. The molecule has 1 heterocycles. The van der Waals surface area contributed by atoms with Gasteiger partial charge in [0.2, 0.25) is 10.0 Å². The van der Waals surface area contributed by atoms with Gasteiger partial charge >= 0.3 is 5.97 Å². The second-order valence-electron chi connectivity index (χ2n) is 8.58. The molecule has 0 aromatic heterocycles. The van der Waals surface area contributed by atoms with E-state index in [1.54, 1.807) is 0 Å². The van der Waals surface area contributed by atoms with Crippen LogP contribution in [0.15, 0.2) is 71.6 Å². The molecule has 0 bridgehead atoms. The van der Waals surface area contributed by atoms with Gasteiger partial charge in [0.05, 0.1) is 12.7 Å². The van der Waals surface area contributed by atoms with Gasteiger partial charge in [-0.25, -0.2) is 17.6 Å². The molecule has 1 saturated heterocycles. The fourth-order valence-corrected chi connectivity index (χ4v) is 6.05. The van der Waals surface area contributed by atoms with E-state index in [0.717, 1.165) is 19.3 Å². The monoisotopic (exact) mass is 511 g/mol. The summed E-state index contributed by atoms with van der Waals surface area (Å²) in [7, 11) is -2.51. The van der Waals surface area contributed by atoms with Gasteiger partial charge in [-0.3, -0.25) is 4.79 Å². The summed E-state index contributed by atoms with van der Waals surface area (Å²) < 4.78 is 52.0. The molecule has 188 valence electrons. The van der Waals surface area contributed by atoms with Crippen LogP contribution in [-0.4, -0.2) is 44.2 Å². The first kappa shape index (κ1) is 25.5. The molecule has 3 aromatic carbocycles. The maximum atomic E-state index is 13.4. The third-order valence-corrected chi connectivity index (χ3v) is 8.20. The van der Waals surface area contributed by atoms with Crippen molar-refractivity contribution >= 4 is 21.8 Å². The second-order valence-corrected chi connectivity index (χ2v) is 10.4. The molecule has 1 aliphatic heterocycles. The summed E-state index contributed by atoms with van der Waals surface area (Å²) in [5, 5.41) is 0. The minimum absolute atomic E-state index is 0.0468. The number of rotatable bonds is 7. The summed E-state index contributed by atoms with van der Waals surface area (Å²) in [4.78, 5) is 25.3. The molecule has 0 saturated carbocycles.